The number of aryl methyl sites for hydroxylation is 1. The lowest BCUT2D eigenvalue weighted by Crippen LogP contribution is -2.51. The van der Waals surface area contributed by atoms with E-state index in [-0.39, 0.29) is 18.1 Å². The zero-order chi connectivity index (χ0) is 22.2. The Balaban J connectivity index is 1.55. The first-order valence-corrected chi connectivity index (χ1v) is 10.6. The van der Waals surface area contributed by atoms with Gasteiger partial charge in [-0.1, -0.05) is 36.4 Å². The SMILES string of the molecule is Cc1nn(-c2ccccc2)c(C)c1[C@H]1C(=O)NCCN1Cn1ncc2ccccc2c1=O. The van der Waals surface area contributed by atoms with E-state index in [2.05, 4.69) is 10.4 Å². The molecular weight excluding hydrogens is 404 g/mol. The smallest absolute Gasteiger partial charge is 0.275 e. The lowest BCUT2D eigenvalue weighted by Gasteiger charge is -2.35. The number of benzene rings is 2. The predicted molar refractivity (Wildman–Crippen MR) is 121 cm³/mol. The zero-order valence-corrected chi connectivity index (χ0v) is 18.0. The number of nitrogens with zero attached hydrogens (tertiary/aromatic N) is 5. The molecule has 4 aromatic rings. The Morgan fingerprint density at radius 2 is 1.78 bits per heavy atom. The van der Waals surface area contributed by atoms with Gasteiger partial charge in [-0.25, -0.2) is 9.36 Å². The Morgan fingerprint density at radius 1 is 1.03 bits per heavy atom. The monoisotopic (exact) mass is 428 g/mol. The molecule has 8 heteroatoms. The fourth-order valence-corrected chi connectivity index (χ4v) is 4.45. The number of para-hydroxylation sites is 1. The summed E-state index contributed by atoms with van der Waals surface area (Å²) in [5.74, 6) is -0.0936. The van der Waals surface area contributed by atoms with Crippen LogP contribution < -0.4 is 10.9 Å². The summed E-state index contributed by atoms with van der Waals surface area (Å²) >= 11 is 0. The maximum Gasteiger partial charge on any atom is 0.275 e. The standard InChI is InChI=1S/C24H24N6O2/c1-16-21(17(2)30(27-16)19-9-4-3-5-10-19)22-23(31)25-12-13-28(22)15-29-24(32)20-11-7-6-8-18(20)14-26-29/h3-11,14,22H,12-13,15H2,1-2H3,(H,25,31)/t22-/m0/s1. The maximum atomic E-state index is 13.0. The molecule has 2 aromatic carbocycles. The minimum Gasteiger partial charge on any atom is -0.353 e. The topological polar surface area (TPSA) is 85.1 Å². The van der Waals surface area contributed by atoms with Crippen LogP contribution in [0.15, 0.2) is 65.6 Å². The Kier molecular flexibility index (Phi) is 5.07. The summed E-state index contributed by atoms with van der Waals surface area (Å²) < 4.78 is 3.30. The average Bonchev–Trinajstić information content (AvgIpc) is 3.10. The molecule has 5 rings (SSSR count). The van der Waals surface area contributed by atoms with E-state index < -0.39 is 6.04 Å². The molecule has 1 aliphatic rings. The summed E-state index contributed by atoms with van der Waals surface area (Å²) in [6.07, 6.45) is 1.69. The van der Waals surface area contributed by atoms with Gasteiger partial charge in [0.05, 0.1) is 29.6 Å². The van der Waals surface area contributed by atoms with Crippen molar-refractivity contribution in [3.05, 3.63) is 88.1 Å². The van der Waals surface area contributed by atoms with Crippen molar-refractivity contribution in [2.24, 2.45) is 0 Å². The number of carbonyl (C=O) groups excluding carboxylic acids is 1. The summed E-state index contributed by atoms with van der Waals surface area (Å²) in [5.41, 5.74) is 3.33. The second kappa shape index (κ2) is 8.05. The third-order valence-electron chi connectivity index (χ3n) is 6.01. The highest BCUT2D eigenvalue weighted by atomic mass is 16.2. The van der Waals surface area contributed by atoms with E-state index in [0.717, 1.165) is 28.0 Å². The van der Waals surface area contributed by atoms with Crippen molar-refractivity contribution < 1.29 is 4.79 Å². The van der Waals surface area contributed by atoms with Crippen LogP contribution in [0.5, 0.6) is 0 Å². The quantitative estimate of drug-likeness (QED) is 0.539. The summed E-state index contributed by atoms with van der Waals surface area (Å²) in [5, 5.41) is 13.5. The van der Waals surface area contributed by atoms with Gasteiger partial charge in [0.15, 0.2) is 0 Å². The number of aromatic nitrogens is 4. The Labute approximate surface area is 185 Å². The van der Waals surface area contributed by atoms with Gasteiger partial charge in [-0.05, 0) is 32.0 Å². The molecular formula is C24H24N6O2. The molecule has 0 spiro atoms. The number of rotatable bonds is 4. The van der Waals surface area contributed by atoms with Crippen LogP contribution in [0.4, 0.5) is 0 Å². The van der Waals surface area contributed by atoms with E-state index in [4.69, 9.17) is 5.10 Å². The second-order valence-corrected chi connectivity index (χ2v) is 8.02. The van der Waals surface area contributed by atoms with Crippen LogP contribution in [-0.4, -0.2) is 43.5 Å². The summed E-state index contributed by atoms with van der Waals surface area (Å²) in [6, 6.07) is 16.7. The normalized spacial score (nSPS) is 16.9. The van der Waals surface area contributed by atoms with Crippen molar-refractivity contribution in [1.82, 2.24) is 29.8 Å². The minimum atomic E-state index is -0.554. The Hall–Kier alpha value is -3.78. The van der Waals surface area contributed by atoms with Crippen LogP contribution in [0.25, 0.3) is 16.5 Å². The van der Waals surface area contributed by atoms with Gasteiger partial charge in [0.1, 0.15) is 6.04 Å². The Morgan fingerprint density at radius 3 is 2.59 bits per heavy atom. The zero-order valence-electron chi connectivity index (χ0n) is 18.0. The number of carbonyl (C=O) groups is 1. The number of amides is 1. The minimum absolute atomic E-state index is 0.0936. The molecule has 8 nitrogen and oxygen atoms in total. The molecule has 1 saturated heterocycles. The van der Waals surface area contributed by atoms with Gasteiger partial charge in [0.25, 0.3) is 5.56 Å². The third-order valence-corrected chi connectivity index (χ3v) is 6.01. The van der Waals surface area contributed by atoms with Gasteiger partial charge in [0, 0.05) is 29.7 Å². The number of nitrogens with one attached hydrogen (secondary N) is 1. The van der Waals surface area contributed by atoms with Gasteiger partial charge >= 0.3 is 0 Å². The molecule has 1 atom stereocenters. The Bertz CT molecular complexity index is 1360. The summed E-state index contributed by atoms with van der Waals surface area (Å²) in [7, 11) is 0. The molecule has 3 heterocycles. The molecule has 0 radical (unpaired) electrons. The molecule has 0 unspecified atom stereocenters. The highest BCUT2D eigenvalue weighted by Gasteiger charge is 2.35. The first-order chi connectivity index (χ1) is 15.5. The van der Waals surface area contributed by atoms with Crippen LogP contribution in [-0.2, 0) is 11.5 Å². The average molecular weight is 428 g/mol. The first kappa shape index (κ1) is 20.1. The van der Waals surface area contributed by atoms with Gasteiger partial charge in [-0.2, -0.15) is 10.2 Å². The molecule has 1 N–H and O–H groups in total. The lowest BCUT2D eigenvalue weighted by molar-refractivity contribution is -0.130. The summed E-state index contributed by atoms with van der Waals surface area (Å²) in [4.78, 5) is 28.0. The highest BCUT2D eigenvalue weighted by molar-refractivity contribution is 5.84. The van der Waals surface area contributed by atoms with Gasteiger partial charge in [-0.3, -0.25) is 14.5 Å². The number of piperazine rings is 1. The number of hydrogen-bond acceptors (Lipinski definition) is 5. The molecule has 1 fully saturated rings. The van der Waals surface area contributed by atoms with Crippen molar-refractivity contribution in [3.8, 4) is 5.69 Å². The van der Waals surface area contributed by atoms with Gasteiger partial charge in [0.2, 0.25) is 5.91 Å². The van der Waals surface area contributed by atoms with Crippen LogP contribution in [0, 0.1) is 13.8 Å². The molecule has 1 amide bonds. The molecule has 0 bridgehead atoms. The van der Waals surface area contributed by atoms with E-state index in [1.165, 1.54) is 4.68 Å². The van der Waals surface area contributed by atoms with Gasteiger partial charge < -0.3 is 5.32 Å². The van der Waals surface area contributed by atoms with Gasteiger partial charge in [-0.15, -0.1) is 0 Å². The molecule has 162 valence electrons. The molecule has 32 heavy (non-hydrogen) atoms. The molecule has 0 aliphatic carbocycles. The highest BCUT2D eigenvalue weighted by Crippen LogP contribution is 2.30. The van der Waals surface area contributed by atoms with Crippen molar-refractivity contribution >= 4 is 16.7 Å². The van der Waals surface area contributed by atoms with E-state index in [1.807, 2.05) is 72.0 Å². The van der Waals surface area contributed by atoms with Crippen LogP contribution >= 0.6 is 0 Å². The second-order valence-electron chi connectivity index (χ2n) is 8.02. The number of hydrogen-bond donors (Lipinski definition) is 1. The lowest BCUT2D eigenvalue weighted by atomic mass is 10.0. The van der Waals surface area contributed by atoms with E-state index in [9.17, 15) is 9.59 Å². The predicted octanol–water partition coefficient (Wildman–Crippen LogP) is 2.33. The van der Waals surface area contributed by atoms with Crippen LogP contribution in [0.2, 0.25) is 0 Å². The number of fused-ring (bicyclic) bond motifs is 1. The van der Waals surface area contributed by atoms with Crippen molar-refractivity contribution in [2.45, 2.75) is 26.6 Å². The van der Waals surface area contributed by atoms with Crippen LogP contribution in [0.3, 0.4) is 0 Å². The van der Waals surface area contributed by atoms with E-state index in [0.29, 0.717) is 18.5 Å². The first-order valence-electron chi connectivity index (χ1n) is 10.6. The van der Waals surface area contributed by atoms with Crippen molar-refractivity contribution in [1.29, 1.82) is 0 Å². The molecule has 1 aliphatic heterocycles. The largest absolute Gasteiger partial charge is 0.353 e. The third kappa shape index (κ3) is 3.38. The molecule has 0 saturated carbocycles. The van der Waals surface area contributed by atoms with Crippen molar-refractivity contribution in [3.63, 3.8) is 0 Å². The van der Waals surface area contributed by atoms with Crippen LogP contribution in [0.1, 0.15) is 23.0 Å². The molecule has 2 aromatic heterocycles. The fourth-order valence-electron chi connectivity index (χ4n) is 4.45. The summed E-state index contributed by atoms with van der Waals surface area (Å²) in [6.45, 7) is 5.23. The fraction of sp³-hybridized carbons (Fsp3) is 0.250. The van der Waals surface area contributed by atoms with E-state index in [1.54, 1.807) is 12.3 Å². The van der Waals surface area contributed by atoms with Crippen molar-refractivity contribution in [2.75, 3.05) is 13.1 Å². The maximum absolute atomic E-state index is 13.0. The van der Waals surface area contributed by atoms with E-state index >= 15 is 0 Å².